The Morgan fingerprint density at radius 1 is 1.33 bits per heavy atom. The Labute approximate surface area is 126 Å². The number of hydrogen-bond acceptors (Lipinski definition) is 6. The van der Waals surface area contributed by atoms with Crippen molar-refractivity contribution >= 4 is 17.5 Å². The van der Waals surface area contributed by atoms with Gasteiger partial charge in [0, 0.05) is 18.2 Å². The SMILES string of the molecule is CCN(CC(=O)NC(C)C)c1ncnc(NN)c1C(C)C. The average Bonchev–Trinajstić information content (AvgIpc) is 2.42. The van der Waals surface area contributed by atoms with Crippen LogP contribution in [0.2, 0.25) is 0 Å². The van der Waals surface area contributed by atoms with E-state index in [1.54, 1.807) is 0 Å². The van der Waals surface area contributed by atoms with Crippen molar-refractivity contribution in [2.75, 3.05) is 23.4 Å². The van der Waals surface area contributed by atoms with Crippen LogP contribution in [0.25, 0.3) is 0 Å². The molecule has 0 atom stereocenters. The van der Waals surface area contributed by atoms with Gasteiger partial charge >= 0.3 is 0 Å². The van der Waals surface area contributed by atoms with Gasteiger partial charge in [-0.05, 0) is 26.7 Å². The molecular weight excluding hydrogens is 268 g/mol. The number of likely N-dealkylation sites (N-methyl/N-ethyl adjacent to an activating group) is 1. The minimum absolute atomic E-state index is 0.0255. The second-order valence-electron chi connectivity index (χ2n) is 5.49. The zero-order chi connectivity index (χ0) is 16.0. The molecular formula is C14H26N6O. The fourth-order valence-corrected chi connectivity index (χ4v) is 2.16. The largest absolute Gasteiger partial charge is 0.352 e. The molecule has 0 spiro atoms. The number of hydrazine groups is 1. The summed E-state index contributed by atoms with van der Waals surface area (Å²) in [4.78, 5) is 22.4. The number of nitrogens with two attached hydrogens (primary N) is 1. The van der Waals surface area contributed by atoms with Gasteiger partial charge in [-0.2, -0.15) is 0 Å². The number of hydrogen-bond donors (Lipinski definition) is 3. The molecule has 0 aliphatic rings. The van der Waals surface area contributed by atoms with Crippen LogP contribution in [0.4, 0.5) is 11.6 Å². The summed E-state index contributed by atoms with van der Waals surface area (Å²) < 4.78 is 0. The molecule has 1 aromatic heterocycles. The number of amides is 1. The van der Waals surface area contributed by atoms with Gasteiger partial charge < -0.3 is 15.6 Å². The van der Waals surface area contributed by atoms with Crippen molar-refractivity contribution in [3.63, 3.8) is 0 Å². The Kier molecular flexibility index (Phi) is 6.36. The van der Waals surface area contributed by atoms with Gasteiger partial charge in [0.15, 0.2) is 0 Å². The fraction of sp³-hybridized carbons (Fsp3) is 0.643. The van der Waals surface area contributed by atoms with Crippen LogP contribution in [0.15, 0.2) is 6.33 Å². The zero-order valence-corrected chi connectivity index (χ0v) is 13.5. The lowest BCUT2D eigenvalue weighted by Gasteiger charge is -2.26. The Hall–Kier alpha value is -1.89. The van der Waals surface area contributed by atoms with Crippen LogP contribution in [0.3, 0.4) is 0 Å². The number of nitrogen functional groups attached to an aromatic ring is 1. The van der Waals surface area contributed by atoms with E-state index in [2.05, 4.69) is 20.7 Å². The first-order chi connectivity index (χ1) is 9.90. The molecule has 0 unspecified atom stereocenters. The van der Waals surface area contributed by atoms with Crippen molar-refractivity contribution in [3.8, 4) is 0 Å². The maximum atomic E-state index is 12.0. The van der Waals surface area contributed by atoms with E-state index in [1.807, 2.05) is 39.5 Å². The first-order valence-corrected chi connectivity index (χ1v) is 7.26. The molecule has 0 aliphatic heterocycles. The summed E-state index contributed by atoms with van der Waals surface area (Å²) in [6.45, 7) is 10.9. The molecule has 0 aliphatic carbocycles. The van der Waals surface area contributed by atoms with Gasteiger partial charge in [0.2, 0.25) is 5.91 Å². The van der Waals surface area contributed by atoms with Gasteiger partial charge in [0.05, 0.1) is 6.54 Å². The van der Waals surface area contributed by atoms with E-state index < -0.39 is 0 Å². The third-order valence-electron chi connectivity index (χ3n) is 3.04. The van der Waals surface area contributed by atoms with Gasteiger partial charge in [-0.25, -0.2) is 15.8 Å². The van der Waals surface area contributed by atoms with Crippen molar-refractivity contribution in [1.82, 2.24) is 15.3 Å². The smallest absolute Gasteiger partial charge is 0.239 e. The second kappa shape index (κ2) is 7.78. The molecule has 0 fully saturated rings. The highest BCUT2D eigenvalue weighted by atomic mass is 16.2. The Balaban J connectivity index is 3.08. The molecule has 0 bridgehead atoms. The summed E-state index contributed by atoms with van der Waals surface area (Å²) in [6, 6.07) is 0.118. The highest BCUT2D eigenvalue weighted by Crippen LogP contribution is 2.30. The Morgan fingerprint density at radius 2 is 2.00 bits per heavy atom. The Bertz CT molecular complexity index is 475. The molecule has 0 aromatic carbocycles. The van der Waals surface area contributed by atoms with E-state index in [4.69, 9.17) is 5.84 Å². The van der Waals surface area contributed by atoms with Crippen LogP contribution in [0.1, 0.15) is 46.1 Å². The molecule has 21 heavy (non-hydrogen) atoms. The van der Waals surface area contributed by atoms with E-state index in [0.717, 1.165) is 11.4 Å². The quantitative estimate of drug-likeness (QED) is 0.517. The molecule has 1 aromatic rings. The lowest BCUT2D eigenvalue weighted by Crippen LogP contribution is -2.41. The van der Waals surface area contributed by atoms with E-state index in [9.17, 15) is 4.79 Å². The van der Waals surface area contributed by atoms with Crippen LogP contribution < -0.4 is 21.5 Å². The van der Waals surface area contributed by atoms with E-state index >= 15 is 0 Å². The third kappa shape index (κ3) is 4.56. The number of nitrogens with one attached hydrogen (secondary N) is 2. The minimum atomic E-state index is -0.0255. The van der Waals surface area contributed by atoms with Crippen molar-refractivity contribution in [1.29, 1.82) is 0 Å². The first-order valence-electron chi connectivity index (χ1n) is 7.26. The van der Waals surface area contributed by atoms with Crippen LogP contribution in [0.5, 0.6) is 0 Å². The number of anilines is 2. The van der Waals surface area contributed by atoms with E-state index in [0.29, 0.717) is 12.4 Å². The molecule has 1 amide bonds. The Morgan fingerprint density at radius 3 is 2.48 bits per heavy atom. The van der Waals surface area contributed by atoms with Gasteiger partial charge in [-0.1, -0.05) is 13.8 Å². The van der Waals surface area contributed by atoms with Crippen molar-refractivity contribution in [2.45, 2.75) is 46.6 Å². The predicted octanol–water partition coefficient (Wildman–Crippen LogP) is 1.24. The molecule has 1 heterocycles. The monoisotopic (exact) mass is 294 g/mol. The predicted molar refractivity (Wildman–Crippen MR) is 85.1 cm³/mol. The van der Waals surface area contributed by atoms with Crippen molar-refractivity contribution in [3.05, 3.63) is 11.9 Å². The maximum absolute atomic E-state index is 12.0. The van der Waals surface area contributed by atoms with Gasteiger partial charge in [-0.3, -0.25) is 4.79 Å². The highest BCUT2D eigenvalue weighted by Gasteiger charge is 2.20. The first kappa shape index (κ1) is 17.2. The minimum Gasteiger partial charge on any atom is -0.352 e. The van der Waals surface area contributed by atoms with Crippen LogP contribution >= 0.6 is 0 Å². The number of carbonyl (C=O) groups is 1. The second-order valence-corrected chi connectivity index (χ2v) is 5.49. The summed E-state index contributed by atoms with van der Waals surface area (Å²) in [6.07, 6.45) is 1.46. The molecule has 0 saturated carbocycles. The lowest BCUT2D eigenvalue weighted by atomic mass is 10.0. The van der Waals surface area contributed by atoms with Crippen LogP contribution in [-0.4, -0.2) is 35.0 Å². The van der Waals surface area contributed by atoms with E-state index in [1.165, 1.54) is 6.33 Å². The van der Waals surface area contributed by atoms with Gasteiger partial charge in [0.1, 0.15) is 18.0 Å². The summed E-state index contributed by atoms with van der Waals surface area (Å²) in [5.41, 5.74) is 3.52. The van der Waals surface area contributed by atoms with Gasteiger partial charge in [0.25, 0.3) is 0 Å². The normalized spacial score (nSPS) is 10.9. The molecule has 7 heteroatoms. The van der Waals surface area contributed by atoms with E-state index in [-0.39, 0.29) is 24.4 Å². The molecule has 118 valence electrons. The van der Waals surface area contributed by atoms with Crippen molar-refractivity contribution in [2.24, 2.45) is 5.84 Å². The highest BCUT2D eigenvalue weighted by molar-refractivity contribution is 5.81. The number of rotatable bonds is 7. The topological polar surface area (TPSA) is 96.2 Å². The molecule has 7 nitrogen and oxygen atoms in total. The maximum Gasteiger partial charge on any atom is 0.239 e. The number of aromatic nitrogens is 2. The molecule has 4 N–H and O–H groups in total. The average molecular weight is 294 g/mol. The number of nitrogens with zero attached hydrogens (tertiary/aromatic N) is 3. The van der Waals surface area contributed by atoms with Crippen molar-refractivity contribution < 1.29 is 4.79 Å². The molecule has 0 saturated heterocycles. The molecule has 0 radical (unpaired) electrons. The lowest BCUT2D eigenvalue weighted by molar-refractivity contribution is -0.120. The molecule has 1 rings (SSSR count). The summed E-state index contributed by atoms with van der Waals surface area (Å²) in [7, 11) is 0. The fourth-order valence-electron chi connectivity index (χ4n) is 2.16. The number of carbonyl (C=O) groups excluding carboxylic acids is 1. The van der Waals surface area contributed by atoms with Crippen LogP contribution in [0, 0.1) is 0 Å². The standard InChI is InChI=1S/C14H26N6O/c1-6-20(7-11(21)18-10(4)5)14-12(9(2)3)13(19-15)16-8-17-14/h8-10H,6-7,15H2,1-5H3,(H,18,21)(H,16,17,19). The van der Waals surface area contributed by atoms with Crippen LogP contribution in [-0.2, 0) is 4.79 Å². The summed E-state index contributed by atoms with van der Waals surface area (Å²) >= 11 is 0. The summed E-state index contributed by atoms with van der Waals surface area (Å²) in [5, 5.41) is 2.89. The zero-order valence-electron chi connectivity index (χ0n) is 13.5. The third-order valence-corrected chi connectivity index (χ3v) is 3.04. The summed E-state index contributed by atoms with van der Waals surface area (Å²) in [5.74, 6) is 7.03. The van der Waals surface area contributed by atoms with Gasteiger partial charge in [-0.15, -0.1) is 0 Å².